The van der Waals surface area contributed by atoms with E-state index in [1.807, 2.05) is 0 Å². The van der Waals surface area contributed by atoms with Gasteiger partial charge in [0.2, 0.25) is 5.91 Å². The molecule has 2 aromatic rings. The van der Waals surface area contributed by atoms with Gasteiger partial charge >= 0.3 is 0 Å². The number of carbonyl (C=O) groups is 1. The van der Waals surface area contributed by atoms with Crippen LogP contribution in [-0.4, -0.2) is 58.6 Å². The van der Waals surface area contributed by atoms with E-state index < -0.39 is 11.6 Å². The number of hydrogen-bond donors (Lipinski definition) is 1. The lowest BCUT2D eigenvalue weighted by Gasteiger charge is -2.45. The van der Waals surface area contributed by atoms with E-state index in [-0.39, 0.29) is 17.6 Å². The van der Waals surface area contributed by atoms with Gasteiger partial charge in [0.1, 0.15) is 11.6 Å². The highest BCUT2D eigenvalue weighted by molar-refractivity contribution is 5.91. The Bertz CT molecular complexity index is 1020. The zero-order valence-electron chi connectivity index (χ0n) is 19.4. The van der Waals surface area contributed by atoms with E-state index in [1.165, 1.54) is 29.8 Å². The molecule has 1 N–H and O–H groups in total. The molecule has 3 aliphatic rings. The van der Waals surface area contributed by atoms with Crippen molar-refractivity contribution in [2.45, 2.75) is 49.7 Å². The van der Waals surface area contributed by atoms with E-state index >= 15 is 0 Å². The predicted octanol–water partition coefficient (Wildman–Crippen LogP) is 4.60. The molecule has 0 radical (unpaired) electrons. The average molecular weight is 467 g/mol. The Labute approximate surface area is 199 Å². The van der Waals surface area contributed by atoms with Gasteiger partial charge in [0.05, 0.1) is 11.6 Å². The zero-order valence-corrected chi connectivity index (χ0v) is 19.4. The molecule has 1 amide bonds. The number of rotatable bonds is 5. The largest absolute Gasteiger partial charge is 0.391 e. The molecule has 0 aromatic heterocycles. The summed E-state index contributed by atoms with van der Waals surface area (Å²) in [6.07, 6.45) is 7.35. The lowest BCUT2D eigenvalue weighted by Crippen LogP contribution is -2.52. The van der Waals surface area contributed by atoms with Gasteiger partial charge in [-0.05, 0) is 86.4 Å². The van der Waals surface area contributed by atoms with Gasteiger partial charge in [0.15, 0.2) is 0 Å². The number of carbonyl (C=O) groups excluding carboxylic acids is 1. The fourth-order valence-corrected chi connectivity index (χ4v) is 6.19. The monoisotopic (exact) mass is 466 g/mol. The lowest BCUT2D eigenvalue weighted by atomic mass is 9.82. The number of piperidine rings is 2. The molecule has 2 saturated heterocycles. The van der Waals surface area contributed by atoms with E-state index in [0.29, 0.717) is 30.5 Å². The summed E-state index contributed by atoms with van der Waals surface area (Å²) >= 11 is 0. The van der Waals surface area contributed by atoms with Crippen molar-refractivity contribution in [1.29, 1.82) is 0 Å². The number of nitrogens with zero attached hydrogens (tertiary/aromatic N) is 2. The Morgan fingerprint density at radius 1 is 0.941 bits per heavy atom. The Hall–Kier alpha value is -2.57. The van der Waals surface area contributed by atoms with Crippen LogP contribution in [0.3, 0.4) is 0 Å². The van der Waals surface area contributed by atoms with E-state index in [9.17, 15) is 18.7 Å². The van der Waals surface area contributed by atoms with Gasteiger partial charge in [0.25, 0.3) is 0 Å². The van der Waals surface area contributed by atoms with Crippen LogP contribution in [0.1, 0.15) is 49.1 Å². The summed E-state index contributed by atoms with van der Waals surface area (Å²) in [7, 11) is 0. The summed E-state index contributed by atoms with van der Waals surface area (Å²) in [5.74, 6) is -0.496. The smallest absolute Gasteiger partial charge is 0.246 e. The number of amides is 1. The molecule has 4 nitrogen and oxygen atoms in total. The molecule has 1 saturated carbocycles. The molecule has 2 aromatic carbocycles. The minimum absolute atomic E-state index is 0.133. The van der Waals surface area contributed by atoms with Crippen molar-refractivity contribution in [3.05, 3.63) is 77.4 Å². The van der Waals surface area contributed by atoms with Crippen LogP contribution in [0.2, 0.25) is 0 Å². The van der Waals surface area contributed by atoms with Crippen molar-refractivity contribution in [3.8, 4) is 0 Å². The standard InChI is InChI=1S/C28H32F2N2O2/c29-24-16-20(17-25(30)18-24)6-7-27(34)31-12-10-23(11-13-31)28(19-26(28)33)32-14-8-22(9-15-32)21-4-2-1-3-5-21/h1-7,16-18,22-23,26,33H,8-15,19H2/b7-6+. The summed E-state index contributed by atoms with van der Waals surface area (Å²) in [6, 6.07) is 13.9. The summed E-state index contributed by atoms with van der Waals surface area (Å²) < 4.78 is 26.7. The third-order valence-corrected chi connectivity index (χ3v) is 8.11. The highest BCUT2D eigenvalue weighted by Crippen LogP contribution is 2.53. The van der Waals surface area contributed by atoms with E-state index in [1.54, 1.807) is 4.90 Å². The topological polar surface area (TPSA) is 43.8 Å². The van der Waals surface area contributed by atoms with Gasteiger partial charge < -0.3 is 10.0 Å². The van der Waals surface area contributed by atoms with Crippen LogP contribution < -0.4 is 0 Å². The van der Waals surface area contributed by atoms with Crippen molar-refractivity contribution in [3.63, 3.8) is 0 Å². The fraction of sp³-hybridized carbons (Fsp3) is 0.464. The predicted molar refractivity (Wildman–Crippen MR) is 128 cm³/mol. The summed E-state index contributed by atoms with van der Waals surface area (Å²) in [5.41, 5.74) is 1.61. The van der Waals surface area contributed by atoms with Crippen molar-refractivity contribution in [1.82, 2.24) is 9.80 Å². The van der Waals surface area contributed by atoms with Crippen LogP contribution in [0.4, 0.5) is 8.78 Å². The molecule has 6 heteroatoms. The SMILES string of the molecule is O=C(/C=C/c1cc(F)cc(F)c1)N1CCC(C2(N3CCC(c4ccccc4)CC3)CC2O)CC1. The molecular weight excluding hydrogens is 434 g/mol. The maximum atomic E-state index is 13.4. The first-order valence-corrected chi connectivity index (χ1v) is 12.4. The van der Waals surface area contributed by atoms with Crippen molar-refractivity contribution < 1.29 is 18.7 Å². The lowest BCUT2D eigenvalue weighted by molar-refractivity contribution is -0.127. The maximum Gasteiger partial charge on any atom is 0.246 e. The molecule has 5 rings (SSSR count). The number of halogens is 2. The Kier molecular flexibility index (Phi) is 6.54. The molecule has 180 valence electrons. The molecule has 0 spiro atoms. The maximum absolute atomic E-state index is 13.4. The molecule has 3 fully saturated rings. The molecule has 1 aliphatic carbocycles. The zero-order chi connectivity index (χ0) is 23.7. The number of aliphatic hydroxyl groups excluding tert-OH is 1. The molecule has 0 bridgehead atoms. The second kappa shape index (κ2) is 9.59. The molecule has 34 heavy (non-hydrogen) atoms. The van der Waals surface area contributed by atoms with E-state index in [0.717, 1.165) is 51.3 Å². The first-order valence-electron chi connectivity index (χ1n) is 12.4. The normalized spacial score (nSPS) is 26.8. The third kappa shape index (κ3) is 4.66. The Morgan fingerprint density at radius 2 is 1.56 bits per heavy atom. The van der Waals surface area contributed by atoms with E-state index in [2.05, 4.69) is 35.2 Å². The number of hydrogen-bond acceptors (Lipinski definition) is 3. The van der Waals surface area contributed by atoms with Gasteiger partial charge in [-0.1, -0.05) is 30.3 Å². The summed E-state index contributed by atoms with van der Waals surface area (Å²) in [6.45, 7) is 3.28. The van der Waals surface area contributed by atoms with Crippen molar-refractivity contribution >= 4 is 12.0 Å². The Morgan fingerprint density at radius 3 is 2.15 bits per heavy atom. The molecular formula is C28H32F2N2O2. The minimum Gasteiger partial charge on any atom is -0.391 e. The summed E-state index contributed by atoms with van der Waals surface area (Å²) in [4.78, 5) is 17.0. The van der Waals surface area contributed by atoms with Crippen LogP contribution in [0.5, 0.6) is 0 Å². The first kappa shape index (κ1) is 23.2. The highest BCUT2D eigenvalue weighted by Gasteiger charge is 2.62. The van der Waals surface area contributed by atoms with Gasteiger partial charge in [-0.2, -0.15) is 0 Å². The second-order valence-electron chi connectivity index (χ2n) is 10.0. The van der Waals surface area contributed by atoms with Crippen molar-refractivity contribution in [2.24, 2.45) is 5.92 Å². The highest BCUT2D eigenvalue weighted by atomic mass is 19.1. The second-order valence-corrected chi connectivity index (χ2v) is 10.0. The van der Waals surface area contributed by atoms with Crippen LogP contribution in [0.15, 0.2) is 54.6 Å². The third-order valence-electron chi connectivity index (χ3n) is 8.11. The van der Waals surface area contributed by atoms with Gasteiger partial charge in [0, 0.05) is 25.2 Å². The molecule has 2 aliphatic heterocycles. The number of likely N-dealkylation sites (tertiary alicyclic amines) is 2. The average Bonchev–Trinajstić information content (AvgIpc) is 3.54. The molecule has 2 heterocycles. The fourth-order valence-electron chi connectivity index (χ4n) is 6.19. The van der Waals surface area contributed by atoms with Crippen LogP contribution in [0.25, 0.3) is 6.08 Å². The minimum atomic E-state index is -0.658. The molecule has 2 unspecified atom stereocenters. The number of aliphatic hydroxyl groups is 1. The van der Waals surface area contributed by atoms with E-state index in [4.69, 9.17) is 0 Å². The van der Waals surface area contributed by atoms with Gasteiger partial charge in [-0.25, -0.2) is 8.78 Å². The summed E-state index contributed by atoms with van der Waals surface area (Å²) in [5, 5.41) is 10.7. The van der Waals surface area contributed by atoms with Crippen LogP contribution in [-0.2, 0) is 4.79 Å². The van der Waals surface area contributed by atoms with Gasteiger partial charge in [-0.15, -0.1) is 0 Å². The van der Waals surface area contributed by atoms with Gasteiger partial charge in [-0.3, -0.25) is 9.69 Å². The number of benzene rings is 2. The first-order chi connectivity index (χ1) is 16.5. The molecule has 2 atom stereocenters. The Balaban J connectivity index is 1.16. The van der Waals surface area contributed by atoms with Crippen LogP contribution >= 0.6 is 0 Å². The quantitative estimate of drug-likeness (QED) is 0.655. The van der Waals surface area contributed by atoms with Crippen molar-refractivity contribution in [2.75, 3.05) is 26.2 Å². The van der Waals surface area contributed by atoms with Crippen LogP contribution in [0, 0.1) is 17.6 Å².